The van der Waals surface area contributed by atoms with Crippen molar-refractivity contribution in [2.45, 2.75) is 19.3 Å². The largest absolute Gasteiger partial charge is 0.367 e. The van der Waals surface area contributed by atoms with Crippen LogP contribution < -0.4 is 10.5 Å². The summed E-state index contributed by atoms with van der Waals surface area (Å²) in [6.45, 7) is 2.11. The van der Waals surface area contributed by atoms with Crippen LogP contribution in [0.4, 0.5) is 5.69 Å². The van der Waals surface area contributed by atoms with Gasteiger partial charge in [0, 0.05) is 31.5 Å². The molecule has 1 fully saturated rings. The van der Waals surface area contributed by atoms with E-state index in [1.54, 1.807) is 6.20 Å². The number of H-pyrrole nitrogens is 1. The molecule has 5 heteroatoms. The van der Waals surface area contributed by atoms with Crippen LogP contribution in [0.1, 0.15) is 19.3 Å². The average molecular weight is 218 g/mol. The van der Waals surface area contributed by atoms with Crippen LogP contribution in [0.25, 0.3) is 5.65 Å². The van der Waals surface area contributed by atoms with Crippen LogP contribution >= 0.6 is 0 Å². The molecule has 1 saturated heterocycles. The van der Waals surface area contributed by atoms with E-state index in [1.807, 2.05) is 6.20 Å². The summed E-state index contributed by atoms with van der Waals surface area (Å²) in [5.41, 5.74) is 1.71. The minimum atomic E-state index is -0.0618. The van der Waals surface area contributed by atoms with E-state index in [4.69, 9.17) is 0 Å². The third kappa shape index (κ3) is 1.39. The molecule has 84 valence electrons. The zero-order valence-electron chi connectivity index (χ0n) is 9.02. The Morgan fingerprint density at radius 3 is 2.88 bits per heavy atom. The lowest BCUT2D eigenvalue weighted by Crippen LogP contribution is -2.29. The quantitative estimate of drug-likeness (QED) is 0.777. The van der Waals surface area contributed by atoms with Crippen LogP contribution in [0.15, 0.2) is 23.3 Å². The van der Waals surface area contributed by atoms with Gasteiger partial charge in [-0.05, 0) is 19.3 Å². The molecule has 5 nitrogen and oxygen atoms in total. The number of aromatic amines is 1. The number of nitrogens with zero attached hydrogens (tertiary/aromatic N) is 3. The monoisotopic (exact) mass is 218 g/mol. The molecule has 0 bridgehead atoms. The zero-order chi connectivity index (χ0) is 11.0. The van der Waals surface area contributed by atoms with Crippen LogP contribution in [0.3, 0.4) is 0 Å². The number of piperidine rings is 1. The van der Waals surface area contributed by atoms with Crippen molar-refractivity contribution in [3.8, 4) is 0 Å². The fourth-order valence-corrected chi connectivity index (χ4v) is 2.27. The van der Waals surface area contributed by atoms with Crippen molar-refractivity contribution in [2.24, 2.45) is 0 Å². The lowest BCUT2D eigenvalue weighted by Gasteiger charge is -2.27. The summed E-state index contributed by atoms with van der Waals surface area (Å²) in [6.07, 6.45) is 7.17. The summed E-state index contributed by atoms with van der Waals surface area (Å²) < 4.78 is 1.49. The van der Waals surface area contributed by atoms with Crippen LogP contribution in [-0.2, 0) is 0 Å². The molecule has 0 spiro atoms. The Hall–Kier alpha value is -1.78. The molecule has 0 amide bonds. The molecule has 1 N–H and O–H groups in total. The maximum Gasteiger partial charge on any atom is 0.272 e. The second-order valence-corrected chi connectivity index (χ2v) is 4.15. The lowest BCUT2D eigenvalue weighted by atomic mass is 10.1. The smallest absolute Gasteiger partial charge is 0.272 e. The van der Waals surface area contributed by atoms with E-state index in [9.17, 15) is 4.79 Å². The van der Waals surface area contributed by atoms with E-state index >= 15 is 0 Å². The SMILES string of the molecule is O=c1ccnc2c(N3CCCCC3)c[nH]n12. The lowest BCUT2D eigenvalue weighted by molar-refractivity contribution is 0.578. The van der Waals surface area contributed by atoms with Crippen molar-refractivity contribution in [1.82, 2.24) is 14.6 Å². The maximum absolute atomic E-state index is 11.5. The Labute approximate surface area is 92.7 Å². The van der Waals surface area contributed by atoms with E-state index in [-0.39, 0.29) is 5.56 Å². The van der Waals surface area contributed by atoms with Crippen LogP contribution in [-0.4, -0.2) is 27.7 Å². The van der Waals surface area contributed by atoms with Gasteiger partial charge in [-0.25, -0.2) is 4.98 Å². The molecule has 0 saturated carbocycles. The second kappa shape index (κ2) is 3.66. The highest BCUT2D eigenvalue weighted by Crippen LogP contribution is 2.22. The normalized spacial score (nSPS) is 16.9. The van der Waals surface area contributed by atoms with Gasteiger partial charge in [-0.1, -0.05) is 0 Å². The van der Waals surface area contributed by atoms with E-state index in [1.165, 1.54) is 29.8 Å². The summed E-state index contributed by atoms with van der Waals surface area (Å²) in [6, 6.07) is 1.46. The van der Waals surface area contributed by atoms with Crippen molar-refractivity contribution in [3.63, 3.8) is 0 Å². The minimum Gasteiger partial charge on any atom is -0.367 e. The molecule has 2 aromatic heterocycles. The molecule has 0 unspecified atom stereocenters. The molecule has 2 aromatic rings. The molecule has 0 atom stereocenters. The van der Waals surface area contributed by atoms with Crippen LogP contribution in [0, 0.1) is 0 Å². The summed E-state index contributed by atoms with van der Waals surface area (Å²) >= 11 is 0. The summed E-state index contributed by atoms with van der Waals surface area (Å²) in [5, 5.41) is 2.95. The van der Waals surface area contributed by atoms with E-state index in [0.717, 1.165) is 24.4 Å². The predicted molar refractivity (Wildman–Crippen MR) is 61.9 cm³/mol. The average Bonchev–Trinajstić information content (AvgIpc) is 2.75. The fraction of sp³-hybridized carbons (Fsp3) is 0.455. The van der Waals surface area contributed by atoms with Gasteiger partial charge in [-0.2, -0.15) is 4.52 Å². The highest BCUT2D eigenvalue weighted by molar-refractivity contribution is 5.67. The first-order chi connectivity index (χ1) is 7.86. The van der Waals surface area contributed by atoms with Gasteiger partial charge in [-0.3, -0.25) is 9.89 Å². The second-order valence-electron chi connectivity index (χ2n) is 4.15. The van der Waals surface area contributed by atoms with Gasteiger partial charge >= 0.3 is 0 Å². The van der Waals surface area contributed by atoms with Crippen molar-refractivity contribution < 1.29 is 0 Å². The third-order valence-corrected chi connectivity index (χ3v) is 3.10. The molecule has 0 radical (unpaired) electrons. The molecule has 3 rings (SSSR count). The number of nitrogens with one attached hydrogen (secondary N) is 1. The molecule has 1 aliphatic rings. The van der Waals surface area contributed by atoms with E-state index in [0.29, 0.717) is 0 Å². The molecular formula is C11H14N4O. The predicted octanol–water partition coefficient (Wildman–Crippen LogP) is 1.01. The Morgan fingerprint density at radius 2 is 2.06 bits per heavy atom. The number of fused-ring (bicyclic) bond motifs is 1. The van der Waals surface area contributed by atoms with Gasteiger partial charge in [0.15, 0.2) is 5.65 Å². The highest BCUT2D eigenvalue weighted by atomic mass is 16.1. The van der Waals surface area contributed by atoms with Crippen molar-refractivity contribution >= 4 is 11.3 Å². The first kappa shape index (κ1) is 9.45. The molecule has 3 heterocycles. The van der Waals surface area contributed by atoms with Crippen LogP contribution in [0.2, 0.25) is 0 Å². The maximum atomic E-state index is 11.5. The Kier molecular flexibility index (Phi) is 2.16. The number of aromatic nitrogens is 3. The summed E-state index contributed by atoms with van der Waals surface area (Å²) in [5.74, 6) is 0. The Morgan fingerprint density at radius 1 is 1.25 bits per heavy atom. The van der Waals surface area contributed by atoms with Gasteiger partial charge in [0.25, 0.3) is 5.56 Å². The number of hydrogen-bond acceptors (Lipinski definition) is 3. The summed E-state index contributed by atoms with van der Waals surface area (Å²) in [7, 11) is 0. The van der Waals surface area contributed by atoms with E-state index in [2.05, 4.69) is 15.0 Å². The van der Waals surface area contributed by atoms with Crippen molar-refractivity contribution in [2.75, 3.05) is 18.0 Å². The van der Waals surface area contributed by atoms with Gasteiger partial charge in [-0.15, -0.1) is 0 Å². The number of anilines is 1. The van der Waals surface area contributed by atoms with Crippen molar-refractivity contribution in [1.29, 1.82) is 0 Å². The minimum absolute atomic E-state index is 0.0618. The first-order valence-corrected chi connectivity index (χ1v) is 5.66. The fourth-order valence-electron chi connectivity index (χ4n) is 2.27. The number of hydrogen-bond donors (Lipinski definition) is 1. The molecule has 0 aliphatic carbocycles. The Balaban J connectivity index is 2.10. The topological polar surface area (TPSA) is 53.4 Å². The van der Waals surface area contributed by atoms with E-state index < -0.39 is 0 Å². The molecular weight excluding hydrogens is 204 g/mol. The standard InChI is InChI=1S/C11H14N4O/c16-10-4-5-12-11-9(8-13-15(10)11)14-6-2-1-3-7-14/h4-5,8,13H,1-3,6-7H2. The van der Waals surface area contributed by atoms with Gasteiger partial charge < -0.3 is 4.90 Å². The highest BCUT2D eigenvalue weighted by Gasteiger charge is 2.15. The van der Waals surface area contributed by atoms with Gasteiger partial charge in [0.05, 0.1) is 5.69 Å². The van der Waals surface area contributed by atoms with Crippen molar-refractivity contribution in [3.05, 3.63) is 28.8 Å². The Bertz CT molecular complexity index is 550. The summed E-state index contributed by atoms with van der Waals surface area (Å²) in [4.78, 5) is 18.1. The zero-order valence-corrected chi connectivity index (χ0v) is 9.02. The van der Waals surface area contributed by atoms with Crippen LogP contribution in [0.5, 0.6) is 0 Å². The third-order valence-electron chi connectivity index (χ3n) is 3.10. The van der Waals surface area contributed by atoms with Gasteiger partial charge in [0.2, 0.25) is 0 Å². The molecule has 1 aliphatic heterocycles. The first-order valence-electron chi connectivity index (χ1n) is 5.66. The molecule has 16 heavy (non-hydrogen) atoms. The van der Waals surface area contributed by atoms with Gasteiger partial charge in [0.1, 0.15) is 0 Å². The number of rotatable bonds is 1. The molecule has 0 aromatic carbocycles.